The second-order valence-electron chi connectivity index (χ2n) is 18.0. The van der Waals surface area contributed by atoms with Crippen LogP contribution in [-0.2, 0) is 12.5 Å². The largest absolute Gasteiger partial charge is 0.456 e. The molecule has 2 aliphatic heterocycles. The third-order valence-electron chi connectivity index (χ3n) is 13.7. The Hall–Kier alpha value is -7.09. The Morgan fingerprint density at radius 1 is 0.590 bits per heavy atom. The van der Waals surface area contributed by atoms with E-state index in [-0.39, 0.29) is 12.3 Å². The minimum absolute atomic E-state index is 0.0320. The quantitative estimate of drug-likeness (QED) is 0.164. The number of furan rings is 1. The molecular weight excluding hydrogens is 763 g/mol. The number of nitrogens with zero attached hydrogens (tertiary/aromatic N) is 4. The number of para-hydroxylation sites is 1. The topological polar surface area (TPSA) is 39.1 Å². The minimum Gasteiger partial charge on any atom is -0.456 e. The Morgan fingerprint density at radius 2 is 1.38 bits per heavy atom. The molecule has 4 aromatic heterocycles. The molecule has 0 spiro atoms. The van der Waals surface area contributed by atoms with E-state index in [1.165, 1.54) is 86.7 Å². The van der Waals surface area contributed by atoms with Crippen LogP contribution in [0.25, 0.3) is 103 Å². The van der Waals surface area contributed by atoms with Gasteiger partial charge in [0.15, 0.2) is 0 Å². The number of anilines is 2. The predicted octanol–water partition coefficient (Wildman–Crippen LogP) is 13.1. The van der Waals surface area contributed by atoms with Gasteiger partial charge in [-0.2, -0.15) is 0 Å². The molecule has 0 fully saturated rings. The van der Waals surface area contributed by atoms with Crippen LogP contribution in [0.2, 0.25) is 0 Å². The minimum atomic E-state index is -0.124. The summed E-state index contributed by atoms with van der Waals surface area (Å²) in [6.45, 7) is 6.75. The fraction of sp³-hybridized carbons (Fsp3) is 0.0926. The Kier molecular flexibility index (Phi) is 6.41. The SMILES string of the molecule is Cn1c(-c2ccccc2)nc2cc3c(cc21)-n1c2cc4c(cc2c2ccc5c(c21)B3N(c1ccc(C(C)(C)C)cc1)c1cc2sc3ccccc3c2cc1-5)oc1ccccc14. The number of imidazole rings is 1. The summed E-state index contributed by atoms with van der Waals surface area (Å²) in [5.74, 6) is 0.959. The molecule has 0 amide bonds. The van der Waals surface area contributed by atoms with E-state index in [0.29, 0.717) is 0 Å². The average Bonchev–Trinajstić information content (AvgIpc) is 4.02. The van der Waals surface area contributed by atoms with Crippen molar-refractivity contribution in [3.63, 3.8) is 0 Å². The average molecular weight is 801 g/mol. The number of thiophene rings is 1. The molecule has 0 saturated heterocycles. The molecule has 5 nitrogen and oxygen atoms in total. The van der Waals surface area contributed by atoms with E-state index in [2.05, 4.69) is 193 Å². The van der Waals surface area contributed by atoms with Crippen molar-refractivity contribution in [1.29, 1.82) is 0 Å². The highest BCUT2D eigenvalue weighted by Crippen LogP contribution is 2.49. The molecule has 0 radical (unpaired) electrons. The van der Waals surface area contributed by atoms with Gasteiger partial charge >= 0.3 is 6.85 Å². The van der Waals surface area contributed by atoms with Gasteiger partial charge < -0.3 is 18.4 Å². The van der Waals surface area contributed by atoms with Crippen molar-refractivity contribution in [3.8, 4) is 28.2 Å². The lowest BCUT2D eigenvalue weighted by Gasteiger charge is -2.42. The summed E-state index contributed by atoms with van der Waals surface area (Å²) in [6, 6.07) is 56.3. The molecule has 0 atom stereocenters. The molecule has 7 heteroatoms. The van der Waals surface area contributed by atoms with Gasteiger partial charge in [0.1, 0.15) is 17.0 Å². The molecule has 12 aromatic rings. The molecule has 8 aromatic carbocycles. The van der Waals surface area contributed by atoms with Crippen molar-refractivity contribution in [3.05, 3.63) is 157 Å². The van der Waals surface area contributed by atoms with Crippen LogP contribution < -0.4 is 15.7 Å². The Labute approximate surface area is 355 Å². The summed E-state index contributed by atoms with van der Waals surface area (Å²) in [6.07, 6.45) is 0. The smallest absolute Gasteiger partial charge is 0.333 e. The van der Waals surface area contributed by atoms with Crippen molar-refractivity contribution < 1.29 is 4.42 Å². The summed E-state index contributed by atoms with van der Waals surface area (Å²) < 4.78 is 14.0. The zero-order valence-corrected chi connectivity index (χ0v) is 34.9. The van der Waals surface area contributed by atoms with Crippen LogP contribution >= 0.6 is 11.3 Å². The van der Waals surface area contributed by atoms with Gasteiger partial charge in [0, 0.05) is 77.0 Å². The highest BCUT2D eigenvalue weighted by Gasteiger charge is 2.44. The molecule has 0 saturated carbocycles. The molecule has 0 bridgehead atoms. The van der Waals surface area contributed by atoms with Crippen LogP contribution in [0.15, 0.2) is 156 Å². The first kappa shape index (κ1) is 33.7. The lowest BCUT2D eigenvalue weighted by molar-refractivity contribution is 0.590. The second kappa shape index (κ2) is 11.6. The maximum atomic E-state index is 6.56. The van der Waals surface area contributed by atoms with Gasteiger partial charge in [-0.05, 0) is 88.1 Å². The Bertz CT molecular complexity index is 3880. The van der Waals surface area contributed by atoms with E-state index in [1.807, 2.05) is 11.3 Å². The van der Waals surface area contributed by atoms with Gasteiger partial charge in [-0.15, -0.1) is 11.3 Å². The number of hydrogen-bond donors (Lipinski definition) is 0. The van der Waals surface area contributed by atoms with Crippen LogP contribution in [0.1, 0.15) is 26.3 Å². The summed E-state index contributed by atoms with van der Waals surface area (Å²) in [4.78, 5) is 8.03. The van der Waals surface area contributed by atoms with Crippen LogP contribution in [0.5, 0.6) is 0 Å². The van der Waals surface area contributed by atoms with E-state index >= 15 is 0 Å². The van der Waals surface area contributed by atoms with Gasteiger partial charge in [0.2, 0.25) is 0 Å². The van der Waals surface area contributed by atoms with E-state index in [1.54, 1.807) is 0 Å². The Morgan fingerprint density at radius 3 is 2.21 bits per heavy atom. The van der Waals surface area contributed by atoms with Crippen LogP contribution in [-0.4, -0.2) is 21.0 Å². The molecule has 0 N–H and O–H groups in total. The monoisotopic (exact) mass is 800 g/mol. The third kappa shape index (κ3) is 4.43. The first-order chi connectivity index (χ1) is 29.8. The summed E-state index contributed by atoms with van der Waals surface area (Å²) in [5.41, 5.74) is 17.5. The fourth-order valence-corrected chi connectivity index (χ4v) is 11.9. The number of rotatable bonds is 2. The summed E-state index contributed by atoms with van der Waals surface area (Å²) in [7, 11) is 2.15. The predicted molar refractivity (Wildman–Crippen MR) is 258 cm³/mol. The van der Waals surface area contributed by atoms with Crippen LogP contribution in [0.4, 0.5) is 11.4 Å². The fourth-order valence-electron chi connectivity index (χ4n) is 10.8. The molecule has 6 heterocycles. The van der Waals surface area contributed by atoms with Gasteiger partial charge in [-0.25, -0.2) is 4.98 Å². The van der Waals surface area contributed by atoms with E-state index < -0.39 is 0 Å². The maximum Gasteiger partial charge on any atom is 0.333 e. The number of aromatic nitrogens is 3. The summed E-state index contributed by atoms with van der Waals surface area (Å²) >= 11 is 1.88. The van der Waals surface area contributed by atoms with Crippen molar-refractivity contribution in [2.45, 2.75) is 26.2 Å². The van der Waals surface area contributed by atoms with Gasteiger partial charge in [-0.3, -0.25) is 0 Å². The molecule has 288 valence electrons. The highest BCUT2D eigenvalue weighted by atomic mass is 32.1. The van der Waals surface area contributed by atoms with Crippen molar-refractivity contribution >= 4 is 115 Å². The van der Waals surface area contributed by atoms with Gasteiger partial charge in [0.05, 0.1) is 22.1 Å². The first-order valence-corrected chi connectivity index (χ1v) is 21.9. The first-order valence-electron chi connectivity index (χ1n) is 21.1. The zero-order valence-electron chi connectivity index (χ0n) is 34.1. The molecule has 61 heavy (non-hydrogen) atoms. The standard InChI is InChI=1S/C54H37BN4OS/c1-54(2,3)31-18-20-32(21-19-31)59-44-29-50-40(34-15-9-11-17-49(34)61-50)24-37(44)35-22-23-36-38-26-48-39(33-14-8-10-16-47(33)60-48)25-43(38)58-45-28-46-42(27-41(45)55(59)51(35)52(36)58)56-53(57(46)4)30-12-6-5-7-13-30/h5-29H,1-4H3. The zero-order chi connectivity index (χ0) is 40.5. The van der Waals surface area contributed by atoms with Crippen LogP contribution in [0, 0.1) is 0 Å². The highest BCUT2D eigenvalue weighted by molar-refractivity contribution is 7.25. The lowest BCUT2D eigenvalue weighted by Crippen LogP contribution is -2.60. The molecule has 2 aliphatic rings. The lowest BCUT2D eigenvalue weighted by atomic mass is 9.44. The molecule has 0 unspecified atom stereocenters. The van der Waals surface area contributed by atoms with Crippen molar-refractivity contribution in [1.82, 2.24) is 14.1 Å². The molecule has 0 aliphatic carbocycles. The van der Waals surface area contributed by atoms with Crippen molar-refractivity contribution in [2.75, 3.05) is 4.81 Å². The maximum absolute atomic E-state index is 6.56. The van der Waals surface area contributed by atoms with E-state index in [4.69, 9.17) is 9.40 Å². The van der Waals surface area contributed by atoms with Crippen molar-refractivity contribution in [2.24, 2.45) is 7.05 Å². The molecule has 14 rings (SSSR count). The van der Waals surface area contributed by atoms with Crippen LogP contribution in [0.3, 0.4) is 0 Å². The van der Waals surface area contributed by atoms with Gasteiger partial charge in [-0.1, -0.05) is 112 Å². The third-order valence-corrected chi connectivity index (χ3v) is 14.8. The van der Waals surface area contributed by atoms with Gasteiger partial charge in [0.25, 0.3) is 0 Å². The second-order valence-corrected chi connectivity index (χ2v) is 19.1. The molecular formula is C54H37BN4OS. The number of aryl methyl sites for hydroxylation is 1. The van der Waals surface area contributed by atoms with E-state index in [9.17, 15) is 0 Å². The number of hydrogen-bond acceptors (Lipinski definition) is 4. The number of fused-ring (bicyclic) bond motifs is 15. The number of benzene rings is 8. The Balaban J connectivity index is 1.15. The normalized spacial score (nSPS) is 13.5. The summed E-state index contributed by atoms with van der Waals surface area (Å²) in [5, 5.41) is 7.30. The van der Waals surface area contributed by atoms with E-state index in [0.717, 1.165) is 44.4 Å².